The van der Waals surface area contributed by atoms with Crippen molar-refractivity contribution in [1.29, 1.82) is 0 Å². The molecule has 2 atom stereocenters. The Hall–Kier alpha value is -1.44. The van der Waals surface area contributed by atoms with E-state index in [0.29, 0.717) is 24.6 Å². The van der Waals surface area contributed by atoms with E-state index in [0.717, 1.165) is 25.7 Å². The van der Waals surface area contributed by atoms with Crippen LogP contribution in [-0.2, 0) is 10.0 Å². The van der Waals surface area contributed by atoms with E-state index < -0.39 is 10.0 Å². The van der Waals surface area contributed by atoms with E-state index >= 15 is 0 Å². The summed E-state index contributed by atoms with van der Waals surface area (Å²) in [5, 5.41) is 0. The van der Waals surface area contributed by atoms with E-state index in [-0.39, 0.29) is 22.9 Å². The number of sulfonamides is 1. The maximum absolute atomic E-state index is 12.8. The SMILES string of the molecule is CC1CCN(C(=O)c2cccc(S(=O)(=O)NC3CC3)c2)C(CN)C1. The van der Waals surface area contributed by atoms with Crippen LogP contribution in [0.3, 0.4) is 0 Å². The lowest BCUT2D eigenvalue weighted by molar-refractivity contribution is 0.0573. The number of benzene rings is 1. The van der Waals surface area contributed by atoms with E-state index in [1.807, 2.05) is 0 Å². The molecule has 1 amide bonds. The maximum Gasteiger partial charge on any atom is 0.254 e. The molecule has 1 saturated carbocycles. The number of hydrogen-bond acceptors (Lipinski definition) is 4. The molecule has 1 heterocycles. The van der Waals surface area contributed by atoms with Crippen molar-refractivity contribution < 1.29 is 13.2 Å². The Morgan fingerprint density at radius 2 is 2.08 bits per heavy atom. The molecule has 7 heteroatoms. The molecular weight excluding hydrogens is 326 g/mol. The summed E-state index contributed by atoms with van der Waals surface area (Å²) >= 11 is 0. The molecule has 1 aromatic carbocycles. The maximum atomic E-state index is 12.8. The molecule has 1 aliphatic heterocycles. The van der Waals surface area contributed by atoms with Crippen LogP contribution in [0.5, 0.6) is 0 Å². The summed E-state index contributed by atoms with van der Waals surface area (Å²) in [5.74, 6) is 0.415. The van der Waals surface area contributed by atoms with Crippen LogP contribution in [0.2, 0.25) is 0 Å². The van der Waals surface area contributed by atoms with Crippen LogP contribution in [0.1, 0.15) is 43.0 Å². The van der Waals surface area contributed by atoms with Gasteiger partial charge in [-0.1, -0.05) is 13.0 Å². The molecule has 2 fully saturated rings. The molecule has 24 heavy (non-hydrogen) atoms. The summed E-state index contributed by atoms with van der Waals surface area (Å²) < 4.78 is 27.3. The second-order valence-electron chi connectivity index (χ2n) is 6.94. The Labute approximate surface area is 143 Å². The van der Waals surface area contributed by atoms with Crippen molar-refractivity contribution in [2.75, 3.05) is 13.1 Å². The molecular formula is C17H25N3O3S. The lowest BCUT2D eigenvalue weighted by atomic mass is 9.92. The lowest BCUT2D eigenvalue weighted by Crippen LogP contribution is -2.49. The van der Waals surface area contributed by atoms with Crippen molar-refractivity contribution in [2.45, 2.75) is 49.6 Å². The third-order valence-corrected chi connectivity index (χ3v) is 6.32. The van der Waals surface area contributed by atoms with Crippen molar-refractivity contribution in [3.63, 3.8) is 0 Å². The molecule has 0 bridgehead atoms. The number of rotatable bonds is 5. The van der Waals surface area contributed by atoms with E-state index in [1.54, 1.807) is 17.0 Å². The van der Waals surface area contributed by atoms with Crippen LogP contribution in [0.15, 0.2) is 29.2 Å². The minimum atomic E-state index is -3.56. The molecule has 2 aliphatic rings. The van der Waals surface area contributed by atoms with Crippen molar-refractivity contribution >= 4 is 15.9 Å². The number of hydrogen-bond donors (Lipinski definition) is 2. The fourth-order valence-corrected chi connectivity index (χ4v) is 4.54. The highest BCUT2D eigenvalue weighted by Gasteiger charge is 2.31. The monoisotopic (exact) mass is 351 g/mol. The summed E-state index contributed by atoms with van der Waals surface area (Å²) in [4.78, 5) is 14.8. The molecule has 1 saturated heterocycles. The van der Waals surface area contributed by atoms with Gasteiger partial charge in [-0.05, 0) is 49.8 Å². The molecule has 0 aromatic heterocycles. The van der Waals surface area contributed by atoms with Crippen LogP contribution in [0, 0.1) is 5.92 Å². The summed E-state index contributed by atoms with van der Waals surface area (Å²) in [6.45, 7) is 3.26. The zero-order valence-corrected chi connectivity index (χ0v) is 14.8. The molecule has 3 N–H and O–H groups in total. The lowest BCUT2D eigenvalue weighted by Gasteiger charge is -2.38. The number of likely N-dealkylation sites (tertiary alicyclic amines) is 1. The van der Waals surface area contributed by atoms with Crippen LogP contribution < -0.4 is 10.5 Å². The molecule has 0 spiro atoms. The Balaban J connectivity index is 1.81. The van der Waals surface area contributed by atoms with Crippen molar-refractivity contribution in [1.82, 2.24) is 9.62 Å². The van der Waals surface area contributed by atoms with Crippen molar-refractivity contribution in [2.24, 2.45) is 11.7 Å². The highest BCUT2D eigenvalue weighted by Crippen LogP contribution is 2.25. The third-order valence-electron chi connectivity index (χ3n) is 4.80. The number of amides is 1. The quantitative estimate of drug-likeness (QED) is 0.837. The van der Waals surface area contributed by atoms with Gasteiger partial charge < -0.3 is 10.6 Å². The summed E-state index contributed by atoms with van der Waals surface area (Å²) in [6.07, 6.45) is 3.59. The van der Waals surface area contributed by atoms with Gasteiger partial charge in [-0.15, -0.1) is 0 Å². The first-order valence-electron chi connectivity index (χ1n) is 8.54. The fourth-order valence-electron chi connectivity index (χ4n) is 3.19. The molecule has 0 radical (unpaired) electrons. The predicted octanol–water partition coefficient (Wildman–Crippen LogP) is 1.33. The number of piperidine rings is 1. The fraction of sp³-hybridized carbons (Fsp3) is 0.588. The summed E-state index contributed by atoms with van der Waals surface area (Å²) in [6, 6.07) is 6.35. The predicted molar refractivity (Wildman–Crippen MR) is 92.1 cm³/mol. The minimum absolute atomic E-state index is 0.0195. The van der Waals surface area contributed by atoms with Gasteiger partial charge in [-0.3, -0.25) is 4.79 Å². The Kier molecular flexibility index (Phi) is 4.94. The van der Waals surface area contributed by atoms with E-state index in [2.05, 4.69) is 11.6 Å². The average Bonchev–Trinajstić information content (AvgIpc) is 3.37. The van der Waals surface area contributed by atoms with Gasteiger partial charge in [0.2, 0.25) is 10.0 Å². The molecule has 1 aromatic rings. The number of nitrogens with zero attached hydrogens (tertiary/aromatic N) is 1. The molecule has 1 aliphatic carbocycles. The van der Waals surface area contributed by atoms with Gasteiger partial charge in [-0.2, -0.15) is 0 Å². The van der Waals surface area contributed by atoms with Gasteiger partial charge >= 0.3 is 0 Å². The first-order chi connectivity index (χ1) is 11.4. The van der Waals surface area contributed by atoms with Gasteiger partial charge in [0.15, 0.2) is 0 Å². The van der Waals surface area contributed by atoms with Crippen LogP contribution >= 0.6 is 0 Å². The number of nitrogens with two attached hydrogens (primary N) is 1. The largest absolute Gasteiger partial charge is 0.334 e. The second-order valence-corrected chi connectivity index (χ2v) is 8.65. The van der Waals surface area contributed by atoms with Gasteiger partial charge in [0.05, 0.1) is 4.90 Å². The summed E-state index contributed by atoms with van der Waals surface area (Å²) in [7, 11) is -3.56. The van der Waals surface area contributed by atoms with Gasteiger partial charge in [0.1, 0.15) is 0 Å². The van der Waals surface area contributed by atoms with Crippen LogP contribution in [0.4, 0.5) is 0 Å². The first-order valence-corrected chi connectivity index (χ1v) is 10.0. The van der Waals surface area contributed by atoms with Gasteiger partial charge in [-0.25, -0.2) is 13.1 Å². The number of nitrogens with one attached hydrogen (secondary N) is 1. The molecule has 3 rings (SSSR count). The molecule has 6 nitrogen and oxygen atoms in total. The van der Waals surface area contributed by atoms with E-state index in [9.17, 15) is 13.2 Å². The standard InChI is InChI=1S/C17H25N3O3S/c1-12-7-8-20(15(9-12)11-18)17(21)13-3-2-4-16(10-13)24(22,23)19-14-5-6-14/h2-4,10,12,14-15,19H,5-9,11,18H2,1H3. The topological polar surface area (TPSA) is 92.5 Å². The van der Waals surface area contributed by atoms with Crippen LogP contribution in [0.25, 0.3) is 0 Å². The third kappa shape index (κ3) is 3.79. The van der Waals surface area contributed by atoms with E-state index in [1.165, 1.54) is 12.1 Å². The van der Waals surface area contributed by atoms with Gasteiger partial charge in [0, 0.05) is 30.7 Å². The van der Waals surface area contributed by atoms with Crippen molar-refractivity contribution in [3.8, 4) is 0 Å². The second kappa shape index (κ2) is 6.82. The van der Waals surface area contributed by atoms with Crippen molar-refractivity contribution in [3.05, 3.63) is 29.8 Å². The Morgan fingerprint density at radius 1 is 1.33 bits per heavy atom. The highest BCUT2D eigenvalue weighted by atomic mass is 32.2. The Bertz CT molecular complexity index is 716. The van der Waals surface area contributed by atoms with E-state index in [4.69, 9.17) is 5.73 Å². The summed E-state index contributed by atoms with van der Waals surface area (Å²) in [5.41, 5.74) is 6.24. The molecule has 2 unspecified atom stereocenters. The average molecular weight is 351 g/mol. The minimum Gasteiger partial charge on any atom is -0.334 e. The normalized spacial score (nSPS) is 24.8. The molecule has 132 valence electrons. The number of carbonyl (C=O) groups excluding carboxylic acids is 1. The van der Waals surface area contributed by atoms with Crippen LogP contribution in [-0.4, -0.2) is 44.4 Å². The number of carbonyl (C=O) groups is 1. The zero-order chi connectivity index (χ0) is 17.3. The highest BCUT2D eigenvalue weighted by molar-refractivity contribution is 7.89. The smallest absolute Gasteiger partial charge is 0.254 e. The first kappa shape index (κ1) is 17.4. The zero-order valence-electron chi connectivity index (χ0n) is 13.9. The van der Waals surface area contributed by atoms with Gasteiger partial charge in [0.25, 0.3) is 5.91 Å². The Morgan fingerprint density at radius 3 is 2.75 bits per heavy atom.